The molecule has 0 unspecified atom stereocenters. The van der Waals surface area contributed by atoms with Gasteiger partial charge in [-0.2, -0.15) is 0 Å². The van der Waals surface area contributed by atoms with Gasteiger partial charge in [-0.1, -0.05) is 11.8 Å². The van der Waals surface area contributed by atoms with E-state index in [0.717, 1.165) is 23.5 Å². The second-order valence-electron chi connectivity index (χ2n) is 4.06. The van der Waals surface area contributed by atoms with Gasteiger partial charge in [-0.25, -0.2) is 0 Å². The molecule has 3 nitrogen and oxygen atoms in total. The molecule has 1 heterocycles. The fourth-order valence-corrected chi connectivity index (χ4v) is 3.22. The highest BCUT2D eigenvalue weighted by molar-refractivity contribution is 7.99. The molecule has 2 N–H and O–H groups in total. The van der Waals surface area contributed by atoms with Crippen LogP contribution in [-0.4, -0.2) is 29.4 Å². The summed E-state index contributed by atoms with van der Waals surface area (Å²) >= 11 is 3.24. The van der Waals surface area contributed by atoms with Crippen LogP contribution in [0.2, 0.25) is 0 Å². The van der Waals surface area contributed by atoms with E-state index in [0.29, 0.717) is 11.8 Å². The first-order valence-corrected chi connectivity index (χ1v) is 7.80. The van der Waals surface area contributed by atoms with Crippen molar-refractivity contribution in [3.05, 3.63) is 21.9 Å². The van der Waals surface area contributed by atoms with Crippen LogP contribution in [0, 0.1) is 11.8 Å². The van der Waals surface area contributed by atoms with E-state index in [9.17, 15) is 4.79 Å². The van der Waals surface area contributed by atoms with Crippen LogP contribution in [0.4, 0.5) is 0 Å². The van der Waals surface area contributed by atoms with Crippen LogP contribution in [0.5, 0.6) is 0 Å². The number of carbonyl (C=O) groups excluding carboxylic acids is 1. The van der Waals surface area contributed by atoms with Gasteiger partial charge in [-0.3, -0.25) is 4.79 Å². The smallest absolute Gasteiger partial charge is 0.230 e. The second-order valence-corrected chi connectivity index (χ2v) is 6.21. The molecule has 0 bridgehead atoms. The highest BCUT2D eigenvalue weighted by Gasteiger charge is 2.22. The molecule has 2 rings (SSSR count). The molecule has 1 fully saturated rings. The Bertz CT molecular complexity index is 469. The fourth-order valence-electron chi connectivity index (χ4n) is 1.39. The average Bonchev–Trinajstić information content (AvgIpc) is 3.04. The largest absolute Gasteiger partial charge is 0.384 e. The maximum atomic E-state index is 11.5. The van der Waals surface area contributed by atoms with Crippen LogP contribution in [0.1, 0.15) is 22.6 Å². The van der Waals surface area contributed by atoms with Gasteiger partial charge >= 0.3 is 0 Å². The number of thiophene rings is 1. The van der Waals surface area contributed by atoms with Crippen LogP contribution in [0.15, 0.2) is 12.1 Å². The molecule has 0 aromatic carbocycles. The summed E-state index contributed by atoms with van der Waals surface area (Å²) in [6, 6.07) is 4.42. The predicted molar refractivity (Wildman–Crippen MR) is 75.6 cm³/mol. The average molecular weight is 281 g/mol. The lowest BCUT2D eigenvalue weighted by molar-refractivity contribution is -0.118. The lowest BCUT2D eigenvalue weighted by Crippen LogP contribution is -2.27. The van der Waals surface area contributed by atoms with Gasteiger partial charge in [0.25, 0.3) is 0 Å². The monoisotopic (exact) mass is 281 g/mol. The van der Waals surface area contributed by atoms with Gasteiger partial charge in [0, 0.05) is 16.7 Å². The van der Waals surface area contributed by atoms with E-state index in [1.54, 1.807) is 23.1 Å². The number of carbonyl (C=O) groups is 1. The molecule has 1 aliphatic carbocycles. The number of hydrogen-bond donors (Lipinski definition) is 2. The van der Waals surface area contributed by atoms with Gasteiger partial charge in [0.15, 0.2) is 0 Å². The molecule has 18 heavy (non-hydrogen) atoms. The minimum absolute atomic E-state index is 0.108. The lowest BCUT2D eigenvalue weighted by Gasteiger charge is -2.01. The molecule has 0 saturated heterocycles. The summed E-state index contributed by atoms with van der Waals surface area (Å²) in [5, 5.41) is 11.6. The molecule has 96 valence electrons. The first kappa shape index (κ1) is 13.5. The molecule has 5 heteroatoms. The molecule has 1 saturated carbocycles. The molecule has 1 amide bonds. The van der Waals surface area contributed by atoms with E-state index in [1.807, 2.05) is 12.1 Å². The number of aliphatic hydroxyl groups is 1. The lowest BCUT2D eigenvalue weighted by atomic mass is 10.4. The number of aliphatic hydroxyl groups excluding tert-OH is 1. The topological polar surface area (TPSA) is 49.3 Å². The van der Waals surface area contributed by atoms with Gasteiger partial charge in [-0.15, -0.1) is 23.1 Å². The summed E-state index contributed by atoms with van der Waals surface area (Å²) < 4.78 is 0. The Morgan fingerprint density at radius 2 is 2.39 bits per heavy atom. The minimum atomic E-state index is -0.108. The standard InChI is InChI=1S/C13H15NO2S2/c15-7-1-2-11-5-6-12(18-11)8-17-9-13(16)14-10-3-4-10/h5-6,10,15H,3-4,7-9H2,(H,14,16). The van der Waals surface area contributed by atoms with Crippen molar-refractivity contribution in [3.63, 3.8) is 0 Å². The molecule has 0 aliphatic heterocycles. The van der Waals surface area contributed by atoms with E-state index < -0.39 is 0 Å². The third-order valence-electron chi connectivity index (χ3n) is 2.37. The Morgan fingerprint density at radius 3 is 3.11 bits per heavy atom. The third-order valence-corrected chi connectivity index (χ3v) is 4.54. The Balaban J connectivity index is 1.69. The van der Waals surface area contributed by atoms with Gasteiger partial charge in [0.05, 0.1) is 10.6 Å². The Kier molecular flexibility index (Phi) is 5.12. The Morgan fingerprint density at radius 1 is 1.56 bits per heavy atom. The van der Waals surface area contributed by atoms with Crippen LogP contribution in [-0.2, 0) is 10.5 Å². The van der Waals surface area contributed by atoms with Crippen molar-refractivity contribution in [1.82, 2.24) is 5.32 Å². The van der Waals surface area contributed by atoms with Crippen molar-refractivity contribution in [1.29, 1.82) is 0 Å². The van der Waals surface area contributed by atoms with E-state index in [-0.39, 0.29) is 12.5 Å². The van der Waals surface area contributed by atoms with Crippen molar-refractivity contribution in [2.24, 2.45) is 0 Å². The maximum Gasteiger partial charge on any atom is 0.230 e. The molecular weight excluding hydrogens is 266 g/mol. The van der Waals surface area contributed by atoms with Gasteiger partial charge in [-0.05, 0) is 25.0 Å². The molecule has 0 spiro atoms. The van der Waals surface area contributed by atoms with Crippen LogP contribution >= 0.6 is 23.1 Å². The Hall–Kier alpha value is -0.960. The molecule has 0 radical (unpaired) electrons. The zero-order chi connectivity index (χ0) is 12.8. The zero-order valence-electron chi connectivity index (χ0n) is 9.94. The SMILES string of the molecule is O=C(CSCc1ccc(C#CCO)s1)NC1CC1. The second kappa shape index (κ2) is 6.83. The van der Waals surface area contributed by atoms with Crippen LogP contribution in [0.3, 0.4) is 0 Å². The van der Waals surface area contributed by atoms with Crippen LogP contribution in [0.25, 0.3) is 0 Å². The normalized spacial score (nSPS) is 13.8. The molecule has 1 aromatic heterocycles. The quantitative estimate of drug-likeness (QED) is 0.806. The summed E-state index contributed by atoms with van der Waals surface area (Å²) in [5.41, 5.74) is 0. The number of hydrogen-bond acceptors (Lipinski definition) is 4. The van der Waals surface area contributed by atoms with Crippen molar-refractivity contribution in [3.8, 4) is 11.8 Å². The van der Waals surface area contributed by atoms with Crippen molar-refractivity contribution >= 4 is 29.0 Å². The number of nitrogens with one attached hydrogen (secondary N) is 1. The zero-order valence-corrected chi connectivity index (χ0v) is 11.6. The van der Waals surface area contributed by atoms with Gasteiger partial charge < -0.3 is 10.4 Å². The van der Waals surface area contributed by atoms with Crippen molar-refractivity contribution in [2.45, 2.75) is 24.6 Å². The Labute approximate surface area is 115 Å². The maximum absolute atomic E-state index is 11.5. The highest BCUT2D eigenvalue weighted by Crippen LogP contribution is 2.22. The van der Waals surface area contributed by atoms with E-state index >= 15 is 0 Å². The fraction of sp³-hybridized carbons (Fsp3) is 0.462. The summed E-state index contributed by atoms with van der Waals surface area (Å²) in [6.45, 7) is -0.108. The predicted octanol–water partition coefficient (Wildman–Crippen LogP) is 1.60. The van der Waals surface area contributed by atoms with E-state index in [1.165, 1.54) is 4.88 Å². The van der Waals surface area contributed by atoms with E-state index in [2.05, 4.69) is 17.2 Å². The molecule has 1 aromatic rings. The summed E-state index contributed by atoms with van der Waals surface area (Å²) in [5.74, 6) is 7.00. The van der Waals surface area contributed by atoms with E-state index in [4.69, 9.17) is 5.11 Å². The third kappa shape index (κ3) is 4.73. The molecular formula is C13H15NO2S2. The van der Waals surface area contributed by atoms with Crippen LogP contribution < -0.4 is 5.32 Å². The summed E-state index contributed by atoms with van der Waals surface area (Å²) in [7, 11) is 0. The molecule has 0 atom stereocenters. The first-order chi connectivity index (χ1) is 8.78. The van der Waals surface area contributed by atoms with Crippen molar-refractivity contribution in [2.75, 3.05) is 12.4 Å². The number of amides is 1. The summed E-state index contributed by atoms with van der Waals surface area (Å²) in [4.78, 5) is 13.6. The minimum Gasteiger partial charge on any atom is -0.384 e. The van der Waals surface area contributed by atoms with Gasteiger partial charge in [0.2, 0.25) is 5.91 Å². The van der Waals surface area contributed by atoms with Gasteiger partial charge in [0.1, 0.15) is 6.61 Å². The molecule has 1 aliphatic rings. The number of thioether (sulfide) groups is 1. The first-order valence-electron chi connectivity index (χ1n) is 5.83. The number of rotatable bonds is 5. The summed E-state index contributed by atoms with van der Waals surface area (Å²) in [6.07, 6.45) is 2.27. The van der Waals surface area contributed by atoms with Crippen molar-refractivity contribution < 1.29 is 9.90 Å². The highest BCUT2D eigenvalue weighted by atomic mass is 32.2.